The van der Waals surface area contributed by atoms with E-state index >= 15 is 0 Å². The van der Waals surface area contributed by atoms with E-state index in [4.69, 9.17) is 14.0 Å². The molecule has 1 rings (SSSR count). The van der Waals surface area contributed by atoms with Gasteiger partial charge in [0.05, 0.1) is 13.2 Å². The zero-order chi connectivity index (χ0) is 21.6. The van der Waals surface area contributed by atoms with Crippen LogP contribution in [-0.4, -0.2) is 30.9 Å². The lowest BCUT2D eigenvalue weighted by Gasteiger charge is -2.26. The van der Waals surface area contributed by atoms with Crippen molar-refractivity contribution in [1.82, 2.24) is 5.09 Å². The van der Waals surface area contributed by atoms with Gasteiger partial charge in [-0.15, -0.1) is 0 Å². The monoisotopic (exact) mass is 413 g/mol. The third kappa shape index (κ3) is 6.08. The minimum atomic E-state index is -4.23. The summed E-state index contributed by atoms with van der Waals surface area (Å²) in [5, 5.41) is 2.51. The average Bonchev–Trinajstić information content (AvgIpc) is 2.59. The molecule has 1 unspecified atom stereocenters. The highest BCUT2D eigenvalue weighted by Gasteiger charge is 2.41. The molecule has 2 atom stereocenters. The third-order valence-corrected chi connectivity index (χ3v) is 5.85. The van der Waals surface area contributed by atoms with Crippen LogP contribution in [0.5, 0.6) is 5.75 Å². The number of ether oxygens (including phenoxy) is 2. The fraction of sp³-hybridized carbons (Fsp3) is 0.600. The smallest absolute Gasteiger partial charge is 0.424 e. The predicted molar refractivity (Wildman–Crippen MR) is 109 cm³/mol. The topological polar surface area (TPSA) is 90.9 Å². The Morgan fingerprint density at radius 1 is 0.964 bits per heavy atom. The molecule has 0 aliphatic carbocycles. The van der Waals surface area contributed by atoms with Crippen LogP contribution in [0.3, 0.4) is 0 Å². The lowest BCUT2D eigenvalue weighted by Crippen LogP contribution is -2.37. The molecule has 0 saturated carbocycles. The van der Waals surface area contributed by atoms with E-state index in [1.807, 2.05) is 45.9 Å². The summed E-state index contributed by atoms with van der Waals surface area (Å²) < 4.78 is 29.1. The van der Waals surface area contributed by atoms with Gasteiger partial charge in [-0.25, -0.2) is 14.4 Å². The minimum absolute atomic E-state index is 0.0723. The van der Waals surface area contributed by atoms with E-state index in [0.717, 1.165) is 18.2 Å². The molecule has 0 aromatic heterocycles. The molecule has 8 heteroatoms. The quantitative estimate of drug-likeness (QED) is 0.439. The van der Waals surface area contributed by atoms with Crippen molar-refractivity contribution in [3.05, 3.63) is 29.3 Å². The SMILES string of the molecule is COC(=O)P(=O)(N[C@@H](C)C(=O)OC(C)C)Oc1c(C(C)C)cccc1C(C)C. The van der Waals surface area contributed by atoms with Crippen LogP contribution in [0, 0.1) is 0 Å². The summed E-state index contributed by atoms with van der Waals surface area (Å²) in [5.74, 6) is -0.117. The van der Waals surface area contributed by atoms with E-state index < -0.39 is 25.2 Å². The van der Waals surface area contributed by atoms with Crippen molar-refractivity contribution < 1.29 is 28.2 Å². The van der Waals surface area contributed by atoms with Gasteiger partial charge in [-0.05, 0) is 43.7 Å². The zero-order valence-corrected chi connectivity index (χ0v) is 18.8. The van der Waals surface area contributed by atoms with Gasteiger partial charge in [0.15, 0.2) is 0 Å². The minimum Gasteiger partial charge on any atom is -0.462 e. The molecule has 0 aliphatic heterocycles. The van der Waals surface area contributed by atoms with Crippen molar-refractivity contribution >= 4 is 19.2 Å². The first-order valence-corrected chi connectivity index (χ1v) is 11.0. The number of esters is 1. The Bertz CT molecular complexity index is 718. The zero-order valence-electron chi connectivity index (χ0n) is 17.9. The van der Waals surface area contributed by atoms with Gasteiger partial charge in [0, 0.05) is 0 Å². The van der Waals surface area contributed by atoms with Crippen molar-refractivity contribution in [2.45, 2.75) is 72.4 Å². The molecule has 0 aliphatic rings. The van der Waals surface area contributed by atoms with E-state index in [-0.39, 0.29) is 17.9 Å². The highest BCUT2D eigenvalue weighted by atomic mass is 31.2. The van der Waals surface area contributed by atoms with E-state index in [0.29, 0.717) is 5.75 Å². The number of carbonyl (C=O) groups is 2. The Hall–Kier alpha value is -1.85. The number of hydrogen-bond donors (Lipinski definition) is 1. The molecule has 0 radical (unpaired) electrons. The van der Waals surface area contributed by atoms with Crippen LogP contribution >= 0.6 is 7.52 Å². The van der Waals surface area contributed by atoms with Gasteiger partial charge in [-0.2, -0.15) is 0 Å². The second kappa shape index (κ2) is 10.1. The van der Waals surface area contributed by atoms with Gasteiger partial charge in [-0.1, -0.05) is 45.9 Å². The van der Waals surface area contributed by atoms with Crippen LogP contribution in [-0.2, 0) is 18.8 Å². The summed E-state index contributed by atoms with van der Waals surface area (Å²) in [5.41, 5.74) is 0.564. The predicted octanol–water partition coefficient (Wildman–Crippen LogP) is 5.20. The highest BCUT2D eigenvalue weighted by molar-refractivity contribution is 7.74. The van der Waals surface area contributed by atoms with Crippen LogP contribution in [0.25, 0.3) is 0 Å². The number of rotatable bonds is 9. The Morgan fingerprint density at radius 3 is 1.86 bits per heavy atom. The molecular weight excluding hydrogens is 381 g/mol. The van der Waals surface area contributed by atoms with Crippen molar-refractivity contribution in [2.75, 3.05) is 7.11 Å². The standard InChI is InChI=1S/C20H32NO6P/c1-12(2)16-10-9-11-17(13(3)4)18(16)27-28(24,20(23)25-8)21-15(7)19(22)26-14(5)6/h9-15H,1-8H3,(H,21,24)/t15-,28?/m0/s1. The van der Waals surface area contributed by atoms with Crippen LogP contribution in [0.4, 0.5) is 4.79 Å². The number of methoxy groups -OCH3 is 1. The molecule has 1 aromatic rings. The molecule has 0 spiro atoms. The van der Waals surface area contributed by atoms with Crippen molar-refractivity contribution in [3.63, 3.8) is 0 Å². The number of hydrogen-bond acceptors (Lipinski definition) is 6. The summed E-state index contributed by atoms with van der Waals surface area (Å²) in [4.78, 5) is 24.5. The first kappa shape index (κ1) is 24.2. The second-order valence-electron chi connectivity index (χ2n) is 7.52. The maximum Gasteiger partial charge on any atom is 0.424 e. The van der Waals surface area contributed by atoms with Gasteiger partial charge < -0.3 is 14.0 Å². The molecule has 0 fully saturated rings. The van der Waals surface area contributed by atoms with Gasteiger partial charge >= 0.3 is 19.2 Å². The Kier molecular flexibility index (Phi) is 8.71. The lowest BCUT2D eigenvalue weighted by molar-refractivity contribution is -0.149. The first-order chi connectivity index (χ1) is 12.9. The highest BCUT2D eigenvalue weighted by Crippen LogP contribution is 2.49. The fourth-order valence-electron chi connectivity index (χ4n) is 2.60. The summed E-state index contributed by atoms with van der Waals surface area (Å²) >= 11 is 0. The van der Waals surface area contributed by atoms with Gasteiger partial charge in [-0.3, -0.25) is 4.79 Å². The number of carbonyl (C=O) groups excluding carboxylic acids is 2. The van der Waals surface area contributed by atoms with Gasteiger partial charge in [0.1, 0.15) is 11.8 Å². The normalized spacial score (nSPS) is 14.7. The van der Waals surface area contributed by atoms with Crippen LogP contribution in [0.1, 0.15) is 71.4 Å². The lowest BCUT2D eigenvalue weighted by atomic mass is 9.94. The molecule has 158 valence electrons. The Morgan fingerprint density at radius 2 is 1.46 bits per heavy atom. The van der Waals surface area contributed by atoms with Crippen molar-refractivity contribution in [1.29, 1.82) is 0 Å². The number of para-hydroxylation sites is 1. The van der Waals surface area contributed by atoms with E-state index in [1.165, 1.54) is 6.92 Å². The fourth-order valence-corrected chi connectivity index (χ4v) is 4.15. The molecule has 28 heavy (non-hydrogen) atoms. The Balaban J connectivity index is 3.36. The molecule has 1 N–H and O–H groups in total. The van der Waals surface area contributed by atoms with Crippen molar-refractivity contribution in [2.24, 2.45) is 0 Å². The third-order valence-electron chi connectivity index (χ3n) is 4.02. The molecule has 0 saturated heterocycles. The first-order valence-electron chi connectivity index (χ1n) is 9.42. The maximum atomic E-state index is 13.4. The molecule has 0 bridgehead atoms. The van der Waals surface area contributed by atoms with Gasteiger partial charge in [0.25, 0.3) is 0 Å². The molecule has 0 heterocycles. The van der Waals surface area contributed by atoms with E-state index in [9.17, 15) is 14.2 Å². The number of nitrogens with one attached hydrogen (secondary N) is 1. The maximum absolute atomic E-state index is 13.4. The summed E-state index contributed by atoms with van der Waals surface area (Å²) in [7, 11) is -3.11. The van der Waals surface area contributed by atoms with Gasteiger partial charge in [0.2, 0.25) is 0 Å². The second-order valence-corrected chi connectivity index (χ2v) is 9.43. The van der Waals surface area contributed by atoms with E-state index in [1.54, 1.807) is 13.8 Å². The summed E-state index contributed by atoms with van der Waals surface area (Å²) in [6.07, 6.45) is -0.343. The van der Waals surface area contributed by atoms with E-state index in [2.05, 4.69) is 5.09 Å². The molecular formula is C20H32NO6P. The van der Waals surface area contributed by atoms with Crippen LogP contribution in [0.2, 0.25) is 0 Å². The molecule has 1 aromatic carbocycles. The summed E-state index contributed by atoms with van der Waals surface area (Å²) in [6, 6.07) is 4.60. The molecule has 7 nitrogen and oxygen atoms in total. The van der Waals surface area contributed by atoms with Crippen molar-refractivity contribution in [3.8, 4) is 5.75 Å². The van der Waals surface area contributed by atoms with Crippen LogP contribution < -0.4 is 9.61 Å². The number of benzene rings is 1. The Labute approximate surface area is 167 Å². The largest absolute Gasteiger partial charge is 0.462 e. The summed E-state index contributed by atoms with van der Waals surface area (Å²) in [6.45, 7) is 12.8. The van der Waals surface area contributed by atoms with Crippen LogP contribution in [0.15, 0.2) is 18.2 Å². The molecule has 0 amide bonds. The average molecular weight is 413 g/mol.